The van der Waals surface area contributed by atoms with Crippen LogP contribution in [-0.2, 0) is 4.79 Å². The second kappa shape index (κ2) is 3.55. The fraction of sp³-hybridized carbons (Fsp3) is 0.167. The van der Waals surface area contributed by atoms with Crippen LogP contribution in [-0.4, -0.2) is 22.9 Å². The van der Waals surface area contributed by atoms with E-state index in [1.165, 1.54) is 6.33 Å². The first-order valence-corrected chi connectivity index (χ1v) is 2.76. The van der Waals surface area contributed by atoms with Gasteiger partial charge >= 0.3 is 0 Å². The minimum atomic E-state index is 0.0387. The van der Waals surface area contributed by atoms with Gasteiger partial charge in [0.05, 0.1) is 0 Å². The highest BCUT2D eigenvalue weighted by atomic mass is 16.5. The van der Waals surface area contributed by atoms with E-state index in [4.69, 9.17) is 4.74 Å². The molecule has 4 nitrogen and oxygen atoms in total. The minimum absolute atomic E-state index is 0.0387. The fourth-order valence-electron chi connectivity index (χ4n) is 0.483. The highest BCUT2D eigenvalue weighted by Gasteiger charge is 1.88. The lowest BCUT2D eigenvalue weighted by atomic mass is 10.6. The number of hydrogen-bond acceptors (Lipinski definition) is 4. The van der Waals surface area contributed by atoms with E-state index in [2.05, 4.69) is 9.97 Å². The molecule has 0 bridgehead atoms. The summed E-state index contributed by atoms with van der Waals surface area (Å²) < 4.78 is 4.84. The SMILES string of the molecule is O=CCOc1ccncn1. The van der Waals surface area contributed by atoms with E-state index in [1.54, 1.807) is 12.3 Å². The first kappa shape index (κ1) is 6.67. The van der Waals surface area contributed by atoms with Crippen LogP contribution >= 0.6 is 0 Å². The van der Waals surface area contributed by atoms with Crippen molar-refractivity contribution in [2.24, 2.45) is 0 Å². The fourth-order valence-corrected chi connectivity index (χ4v) is 0.483. The predicted molar refractivity (Wildman–Crippen MR) is 33.6 cm³/mol. The smallest absolute Gasteiger partial charge is 0.216 e. The maximum atomic E-state index is 9.81. The Morgan fingerprint density at radius 2 is 2.60 bits per heavy atom. The minimum Gasteiger partial charge on any atom is -0.470 e. The van der Waals surface area contributed by atoms with Gasteiger partial charge in [0.15, 0.2) is 6.29 Å². The highest BCUT2D eigenvalue weighted by Crippen LogP contribution is 1.99. The molecular formula is C6H6N2O2. The van der Waals surface area contributed by atoms with Gasteiger partial charge < -0.3 is 4.74 Å². The molecule has 0 atom stereocenters. The number of hydrogen-bond donors (Lipinski definition) is 0. The number of ether oxygens (including phenoxy) is 1. The second-order valence-electron chi connectivity index (χ2n) is 1.53. The van der Waals surface area contributed by atoms with Crippen LogP contribution < -0.4 is 4.74 Å². The third-order valence-electron chi connectivity index (χ3n) is 0.854. The van der Waals surface area contributed by atoms with Crippen LogP contribution in [0.2, 0.25) is 0 Å². The lowest BCUT2D eigenvalue weighted by Crippen LogP contribution is -1.98. The van der Waals surface area contributed by atoms with Gasteiger partial charge in [0.1, 0.15) is 12.9 Å². The van der Waals surface area contributed by atoms with Crippen molar-refractivity contribution < 1.29 is 9.53 Å². The summed E-state index contributed by atoms with van der Waals surface area (Å²) in [6.07, 6.45) is 3.58. The van der Waals surface area contributed by atoms with E-state index >= 15 is 0 Å². The lowest BCUT2D eigenvalue weighted by Gasteiger charge is -1.96. The van der Waals surface area contributed by atoms with Crippen molar-refractivity contribution in [1.82, 2.24) is 9.97 Å². The summed E-state index contributed by atoms with van der Waals surface area (Å²) in [6.45, 7) is 0.0387. The zero-order chi connectivity index (χ0) is 7.23. The van der Waals surface area contributed by atoms with Gasteiger partial charge in [-0.3, -0.25) is 4.79 Å². The van der Waals surface area contributed by atoms with Crippen LogP contribution in [0, 0.1) is 0 Å². The van der Waals surface area contributed by atoms with Crippen molar-refractivity contribution in [3.8, 4) is 5.88 Å². The summed E-state index contributed by atoms with van der Waals surface area (Å²) >= 11 is 0. The summed E-state index contributed by atoms with van der Waals surface area (Å²) in [6, 6.07) is 1.59. The molecule has 0 saturated carbocycles. The van der Waals surface area contributed by atoms with Crippen molar-refractivity contribution >= 4 is 6.29 Å². The summed E-state index contributed by atoms with van der Waals surface area (Å²) in [5, 5.41) is 0. The largest absolute Gasteiger partial charge is 0.470 e. The van der Waals surface area contributed by atoms with Gasteiger partial charge in [-0.1, -0.05) is 0 Å². The lowest BCUT2D eigenvalue weighted by molar-refractivity contribution is -0.109. The van der Waals surface area contributed by atoms with Crippen molar-refractivity contribution in [3.63, 3.8) is 0 Å². The number of carbonyl (C=O) groups excluding carboxylic acids is 1. The van der Waals surface area contributed by atoms with Gasteiger partial charge in [0.25, 0.3) is 0 Å². The Labute approximate surface area is 57.9 Å². The van der Waals surface area contributed by atoms with Gasteiger partial charge in [0, 0.05) is 12.3 Å². The average molecular weight is 138 g/mol. The molecule has 0 fully saturated rings. The molecule has 0 aliphatic carbocycles. The zero-order valence-electron chi connectivity index (χ0n) is 5.23. The number of rotatable bonds is 3. The Bertz CT molecular complexity index is 200. The van der Waals surface area contributed by atoms with E-state index in [-0.39, 0.29) is 6.61 Å². The normalized spacial score (nSPS) is 8.80. The van der Waals surface area contributed by atoms with Crippen LogP contribution in [0.5, 0.6) is 5.88 Å². The maximum absolute atomic E-state index is 9.81. The number of carbonyl (C=O) groups is 1. The Morgan fingerprint density at radius 1 is 1.70 bits per heavy atom. The summed E-state index contributed by atoms with van der Waals surface area (Å²) in [5.41, 5.74) is 0. The maximum Gasteiger partial charge on any atom is 0.216 e. The average Bonchev–Trinajstić information content (AvgIpc) is 2.03. The van der Waals surface area contributed by atoms with Gasteiger partial charge in [-0.15, -0.1) is 0 Å². The molecular weight excluding hydrogens is 132 g/mol. The van der Waals surface area contributed by atoms with Crippen molar-refractivity contribution in [2.75, 3.05) is 6.61 Å². The molecule has 0 aromatic carbocycles. The van der Waals surface area contributed by atoms with Gasteiger partial charge in [-0.25, -0.2) is 9.97 Å². The van der Waals surface area contributed by atoms with E-state index in [0.717, 1.165) is 0 Å². The van der Waals surface area contributed by atoms with E-state index < -0.39 is 0 Å². The Kier molecular flexibility index (Phi) is 2.37. The van der Waals surface area contributed by atoms with Crippen LogP contribution in [0.3, 0.4) is 0 Å². The molecule has 0 amide bonds. The molecule has 0 radical (unpaired) electrons. The second-order valence-corrected chi connectivity index (χ2v) is 1.53. The van der Waals surface area contributed by atoms with Crippen molar-refractivity contribution in [1.29, 1.82) is 0 Å². The molecule has 0 N–H and O–H groups in total. The van der Waals surface area contributed by atoms with Crippen LogP contribution in [0.4, 0.5) is 0 Å². The summed E-state index contributed by atoms with van der Waals surface area (Å²) in [4.78, 5) is 17.2. The standard InChI is InChI=1S/C6H6N2O2/c9-3-4-10-6-1-2-7-5-8-6/h1-3,5H,4H2. The van der Waals surface area contributed by atoms with Crippen LogP contribution in [0.15, 0.2) is 18.6 Å². The molecule has 10 heavy (non-hydrogen) atoms. The summed E-state index contributed by atoms with van der Waals surface area (Å²) in [5.74, 6) is 0.419. The molecule has 1 aromatic rings. The third-order valence-corrected chi connectivity index (χ3v) is 0.854. The molecule has 0 aliphatic heterocycles. The molecule has 1 heterocycles. The molecule has 1 rings (SSSR count). The van der Waals surface area contributed by atoms with Gasteiger partial charge in [-0.2, -0.15) is 0 Å². The molecule has 0 unspecified atom stereocenters. The number of nitrogens with zero attached hydrogens (tertiary/aromatic N) is 2. The molecule has 0 aliphatic rings. The Morgan fingerprint density at radius 3 is 3.20 bits per heavy atom. The molecule has 0 saturated heterocycles. The number of aromatic nitrogens is 2. The van der Waals surface area contributed by atoms with Crippen molar-refractivity contribution in [2.45, 2.75) is 0 Å². The van der Waals surface area contributed by atoms with Gasteiger partial charge in [0.2, 0.25) is 5.88 Å². The first-order chi connectivity index (χ1) is 4.93. The quantitative estimate of drug-likeness (QED) is 0.554. The van der Waals surface area contributed by atoms with E-state index in [1.807, 2.05) is 0 Å². The molecule has 52 valence electrons. The number of aldehydes is 1. The van der Waals surface area contributed by atoms with Crippen LogP contribution in [0.1, 0.15) is 0 Å². The molecule has 0 spiro atoms. The third kappa shape index (κ3) is 1.81. The van der Waals surface area contributed by atoms with E-state index in [0.29, 0.717) is 12.2 Å². The highest BCUT2D eigenvalue weighted by molar-refractivity contribution is 5.51. The predicted octanol–water partition coefficient (Wildman–Crippen LogP) is 0.0543. The van der Waals surface area contributed by atoms with Crippen LogP contribution in [0.25, 0.3) is 0 Å². The van der Waals surface area contributed by atoms with Crippen molar-refractivity contribution in [3.05, 3.63) is 18.6 Å². The van der Waals surface area contributed by atoms with Gasteiger partial charge in [-0.05, 0) is 0 Å². The molecule has 4 heteroatoms. The Balaban J connectivity index is 2.50. The topological polar surface area (TPSA) is 52.1 Å². The van der Waals surface area contributed by atoms with E-state index in [9.17, 15) is 4.79 Å². The first-order valence-electron chi connectivity index (χ1n) is 2.76. The Hall–Kier alpha value is -1.45. The molecule has 1 aromatic heterocycles. The summed E-state index contributed by atoms with van der Waals surface area (Å²) in [7, 11) is 0. The zero-order valence-corrected chi connectivity index (χ0v) is 5.23. The monoisotopic (exact) mass is 138 g/mol.